The minimum atomic E-state index is 0.624. The van der Waals surface area contributed by atoms with Crippen molar-refractivity contribution in [3.63, 3.8) is 0 Å². The van der Waals surface area contributed by atoms with E-state index in [0.717, 1.165) is 16.9 Å². The van der Waals surface area contributed by atoms with Crippen molar-refractivity contribution in [3.05, 3.63) is 60.6 Å². The third-order valence-electron chi connectivity index (χ3n) is 3.55. The van der Waals surface area contributed by atoms with Crippen LogP contribution in [0.25, 0.3) is 16.9 Å². The molecule has 4 heteroatoms. The van der Waals surface area contributed by atoms with Crippen LogP contribution in [0.15, 0.2) is 55.0 Å². The van der Waals surface area contributed by atoms with Gasteiger partial charge in [0.25, 0.3) is 0 Å². The molecule has 0 saturated heterocycles. The van der Waals surface area contributed by atoms with E-state index < -0.39 is 0 Å². The minimum Gasteiger partial charge on any atom is -0.495 e. The summed E-state index contributed by atoms with van der Waals surface area (Å²) in [7, 11) is 1.62. The zero-order valence-corrected chi connectivity index (χ0v) is 12.1. The van der Waals surface area contributed by atoms with Crippen LogP contribution in [0.4, 0.5) is 5.69 Å². The molecule has 21 heavy (non-hydrogen) atoms. The van der Waals surface area contributed by atoms with Crippen molar-refractivity contribution in [2.45, 2.75) is 6.92 Å². The lowest BCUT2D eigenvalue weighted by atomic mass is 10.1. The fourth-order valence-electron chi connectivity index (χ4n) is 2.41. The fraction of sp³-hybridized carbons (Fsp3) is 0.118. The molecule has 106 valence electrons. The second kappa shape index (κ2) is 5.32. The van der Waals surface area contributed by atoms with Gasteiger partial charge in [-0.3, -0.25) is 4.57 Å². The highest BCUT2D eigenvalue weighted by atomic mass is 16.5. The molecule has 0 unspecified atom stereocenters. The Bertz CT molecular complexity index is 777. The molecule has 0 radical (unpaired) electrons. The van der Waals surface area contributed by atoms with E-state index in [2.05, 4.69) is 24.0 Å². The third-order valence-corrected chi connectivity index (χ3v) is 3.55. The number of hydrogen-bond acceptors (Lipinski definition) is 3. The van der Waals surface area contributed by atoms with E-state index in [-0.39, 0.29) is 0 Å². The van der Waals surface area contributed by atoms with Crippen LogP contribution in [0.2, 0.25) is 0 Å². The molecule has 0 aliphatic rings. The van der Waals surface area contributed by atoms with Crippen molar-refractivity contribution in [1.29, 1.82) is 0 Å². The van der Waals surface area contributed by atoms with Crippen LogP contribution in [-0.2, 0) is 0 Å². The quantitative estimate of drug-likeness (QED) is 0.747. The SMILES string of the molecule is COc1cc(-n2cncc2-c2ccccc2C)ccc1N. The molecule has 2 aromatic carbocycles. The average molecular weight is 279 g/mol. The Morgan fingerprint density at radius 1 is 1.14 bits per heavy atom. The Labute approximate surface area is 123 Å². The van der Waals surface area contributed by atoms with Crippen molar-refractivity contribution in [1.82, 2.24) is 9.55 Å². The van der Waals surface area contributed by atoms with E-state index in [1.54, 1.807) is 13.4 Å². The van der Waals surface area contributed by atoms with Gasteiger partial charge in [0.05, 0.1) is 36.7 Å². The number of methoxy groups -OCH3 is 1. The first-order chi connectivity index (χ1) is 10.2. The van der Waals surface area contributed by atoms with Gasteiger partial charge in [0.2, 0.25) is 0 Å². The summed E-state index contributed by atoms with van der Waals surface area (Å²) in [6, 6.07) is 14.0. The Morgan fingerprint density at radius 2 is 1.95 bits per heavy atom. The Morgan fingerprint density at radius 3 is 2.71 bits per heavy atom. The molecule has 0 atom stereocenters. The number of nitrogen functional groups attached to an aromatic ring is 1. The largest absolute Gasteiger partial charge is 0.495 e. The molecule has 2 N–H and O–H groups in total. The Hall–Kier alpha value is -2.75. The van der Waals surface area contributed by atoms with Crippen molar-refractivity contribution in [2.75, 3.05) is 12.8 Å². The lowest BCUT2D eigenvalue weighted by Gasteiger charge is -2.12. The number of ether oxygens (including phenoxy) is 1. The van der Waals surface area contributed by atoms with Gasteiger partial charge in [-0.15, -0.1) is 0 Å². The summed E-state index contributed by atoms with van der Waals surface area (Å²) in [6.45, 7) is 2.09. The molecule has 0 bridgehead atoms. The van der Waals surface area contributed by atoms with Crippen molar-refractivity contribution in [3.8, 4) is 22.7 Å². The monoisotopic (exact) mass is 279 g/mol. The number of rotatable bonds is 3. The molecule has 0 saturated carbocycles. The Balaban J connectivity index is 2.14. The van der Waals surface area contributed by atoms with E-state index in [9.17, 15) is 0 Å². The molecule has 1 heterocycles. The molecular weight excluding hydrogens is 262 g/mol. The summed E-state index contributed by atoms with van der Waals surface area (Å²) < 4.78 is 7.33. The van der Waals surface area contributed by atoms with Gasteiger partial charge in [0, 0.05) is 11.6 Å². The van der Waals surface area contributed by atoms with Gasteiger partial charge in [-0.2, -0.15) is 0 Å². The molecule has 0 spiro atoms. The van der Waals surface area contributed by atoms with Crippen LogP contribution in [0.5, 0.6) is 5.75 Å². The van der Waals surface area contributed by atoms with Gasteiger partial charge in [0.15, 0.2) is 0 Å². The molecule has 0 aliphatic heterocycles. The summed E-state index contributed by atoms with van der Waals surface area (Å²) in [5.41, 5.74) is 10.9. The highest BCUT2D eigenvalue weighted by molar-refractivity contribution is 5.67. The highest BCUT2D eigenvalue weighted by Crippen LogP contribution is 2.29. The molecule has 3 rings (SSSR count). The first kappa shape index (κ1) is 13.2. The number of aromatic nitrogens is 2. The zero-order chi connectivity index (χ0) is 14.8. The van der Waals surface area contributed by atoms with Crippen molar-refractivity contribution < 1.29 is 4.74 Å². The minimum absolute atomic E-state index is 0.624. The Kier molecular flexibility index (Phi) is 3.36. The molecule has 0 aliphatic carbocycles. The number of imidazole rings is 1. The molecule has 1 aromatic heterocycles. The van der Waals surface area contributed by atoms with Crippen LogP contribution >= 0.6 is 0 Å². The lowest BCUT2D eigenvalue weighted by Crippen LogP contribution is -1.99. The van der Waals surface area contributed by atoms with E-state index in [1.165, 1.54) is 5.56 Å². The summed E-state index contributed by atoms with van der Waals surface area (Å²) in [4.78, 5) is 4.28. The summed E-state index contributed by atoms with van der Waals surface area (Å²) >= 11 is 0. The number of nitrogens with two attached hydrogens (primary N) is 1. The van der Waals surface area contributed by atoms with E-state index >= 15 is 0 Å². The zero-order valence-electron chi connectivity index (χ0n) is 12.1. The maximum Gasteiger partial charge on any atom is 0.143 e. The van der Waals surface area contributed by atoms with E-state index in [1.807, 2.05) is 41.1 Å². The highest BCUT2D eigenvalue weighted by Gasteiger charge is 2.10. The van der Waals surface area contributed by atoms with Gasteiger partial charge in [0.1, 0.15) is 5.75 Å². The van der Waals surface area contributed by atoms with Crippen LogP contribution in [0, 0.1) is 6.92 Å². The van der Waals surface area contributed by atoms with Crippen LogP contribution < -0.4 is 10.5 Å². The third kappa shape index (κ3) is 2.36. The van der Waals surface area contributed by atoms with Gasteiger partial charge >= 0.3 is 0 Å². The van der Waals surface area contributed by atoms with Gasteiger partial charge in [-0.25, -0.2) is 4.98 Å². The number of aryl methyl sites for hydroxylation is 1. The molecule has 4 nitrogen and oxygen atoms in total. The molecule has 0 fully saturated rings. The van der Waals surface area contributed by atoms with Crippen LogP contribution in [-0.4, -0.2) is 16.7 Å². The average Bonchev–Trinajstić information content (AvgIpc) is 2.97. The van der Waals surface area contributed by atoms with Gasteiger partial charge in [-0.05, 0) is 24.6 Å². The van der Waals surface area contributed by atoms with E-state index in [0.29, 0.717) is 11.4 Å². The topological polar surface area (TPSA) is 53.1 Å². The number of benzene rings is 2. The number of nitrogens with zero attached hydrogens (tertiary/aromatic N) is 2. The fourth-order valence-corrected chi connectivity index (χ4v) is 2.41. The predicted octanol–water partition coefficient (Wildman–Crippen LogP) is 3.44. The van der Waals surface area contributed by atoms with Gasteiger partial charge < -0.3 is 10.5 Å². The van der Waals surface area contributed by atoms with Crippen LogP contribution in [0.1, 0.15) is 5.56 Å². The predicted molar refractivity (Wildman–Crippen MR) is 84.7 cm³/mol. The first-order valence-electron chi connectivity index (χ1n) is 6.73. The van der Waals surface area contributed by atoms with Crippen LogP contribution in [0.3, 0.4) is 0 Å². The normalized spacial score (nSPS) is 10.6. The smallest absolute Gasteiger partial charge is 0.143 e. The second-order valence-corrected chi connectivity index (χ2v) is 4.89. The molecule has 0 amide bonds. The van der Waals surface area contributed by atoms with Crippen molar-refractivity contribution in [2.24, 2.45) is 0 Å². The second-order valence-electron chi connectivity index (χ2n) is 4.89. The maximum atomic E-state index is 5.88. The lowest BCUT2D eigenvalue weighted by molar-refractivity contribution is 0.417. The number of anilines is 1. The summed E-state index contributed by atoms with van der Waals surface area (Å²) in [6.07, 6.45) is 3.66. The standard InChI is InChI=1S/C17H17N3O/c1-12-5-3-4-6-14(12)16-10-19-11-20(16)13-7-8-15(18)17(9-13)21-2/h3-11H,18H2,1-2H3. The molecule has 3 aromatic rings. The first-order valence-corrected chi connectivity index (χ1v) is 6.73. The molecular formula is C17H17N3O. The number of hydrogen-bond donors (Lipinski definition) is 1. The summed E-state index contributed by atoms with van der Waals surface area (Å²) in [5.74, 6) is 0.664. The maximum absolute atomic E-state index is 5.88. The van der Waals surface area contributed by atoms with E-state index in [4.69, 9.17) is 10.5 Å². The van der Waals surface area contributed by atoms with Crippen molar-refractivity contribution >= 4 is 5.69 Å². The van der Waals surface area contributed by atoms with Gasteiger partial charge in [-0.1, -0.05) is 24.3 Å². The summed E-state index contributed by atoms with van der Waals surface area (Å²) in [5, 5.41) is 0.